The lowest BCUT2D eigenvalue weighted by molar-refractivity contribution is 1.02. The quantitative estimate of drug-likeness (QED) is 0.606. The molecule has 1 rings (SSSR count). The van der Waals surface area contributed by atoms with Crippen LogP contribution in [0, 0.1) is 0 Å². The number of rotatable bonds is 2. The van der Waals surface area contributed by atoms with E-state index in [0.29, 0.717) is 0 Å². The molecule has 1 aromatic carbocycles. The minimum Gasteiger partial charge on any atom is -0.0691 e. The van der Waals surface area contributed by atoms with E-state index >= 15 is 0 Å². The summed E-state index contributed by atoms with van der Waals surface area (Å²) >= 11 is 0. The van der Waals surface area contributed by atoms with Crippen LogP contribution in [0.5, 0.6) is 0 Å². The van der Waals surface area contributed by atoms with Gasteiger partial charge in [-0.05, 0) is 11.1 Å². The highest BCUT2D eigenvalue weighted by Crippen LogP contribution is 2.25. The van der Waals surface area contributed by atoms with Crippen LogP contribution in [0.2, 0.25) is 19.6 Å². The van der Waals surface area contributed by atoms with Crippen LogP contribution in [0.4, 0.5) is 0 Å². The van der Waals surface area contributed by atoms with Crippen molar-refractivity contribution in [3.8, 4) is 0 Å². The van der Waals surface area contributed by atoms with Crippen LogP contribution < -0.4 is 0 Å². The monoisotopic (exact) mass is 178 g/mol. The summed E-state index contributed by atoms with van der Waals surface area (Å²) < 4.78 is 0. The molecule has 0 saturated carbocycles. The highest BCUT2D eigenvalue weighted by atomic mass is 28.3. The maximum Gasteiger partial charge on any atom is 0.0517 e. The predicted molar refractivity (Wildman–Crippen MR) is 58.2 cm³/mol. The maximum atomic E-state index is 2.42. The molecule has 0 fully saturated rings. The van der Waals surface area contributed by atoms with Gasteiger partial charge in [-0.15, -0.1) is 0 Å². The highest BCUT2D eigenvalue weighted by Gasteiger charge is 2.23. The second-order valence-electron chi connectivity index (χ2n) is 4.50. The van der Waals surface area contributed by atoms with Crippen LogP contribution >= 0.6 is 0 Å². The molecule has 0 bridgehead atoms. The summed E-state index contributed by atoms with van der Waals surface area (Å²) in [5.41, 5.74) is 2.26. The highest BCUT2D eigenvalue weighted by molar-refractivity contribution is 6.77. The Bertz CT molecular complexity index is 233. The summed E-state index contributed by atoms with van der Waals surface area (Å²) in [5.74, 6) is 0. The first-order chi connectivity index (χ1) is 5.52. The molecule has 1 aromatic rings. The van der Waals surface area contributed by atoms with Gasteiger partial charge in [0.05, 0.1) is 8.07 Å². The fourth-order valence-electron chi connectivity index (χ4n) is 1.24. The third-order valence-electron chi connectivity index (χ3n) is 2.60. The van der Waals surface area contributed by atoms with Crippen molar-refractivity contribution in [3.05, 3.63) is 35.9 Å². The normalized spacial score (nSPS) is 14.3. The van der Waals surface area contributed by atoms with Gasteiger partial charge in [0.2, 0.25) is 0 Å². The van der Waals surface area contributed by atoms with Crippen molar-refractivity contribution in [1.82, 2.24) is 0 Å². The molecule has 0 nitrogen and oxygen atoms in total. The summed E-state index contributed by atoms with van der Waals surface area (Å²) in [5, 5.41) is 0. The van der Waals surface area contributed by atoms with E-state index in [9.17, 15) is 0 Å². The van der Waals surface area contributed by atoms with Crippen molar-refractivity contribution in [2.75, 3.05) is 0 Å². The summed E-state index contributed by atoms with van der Waals surface area (Å²) in [6, 6.07) is 10.8. The van der Waals surface area contributed by atoms with Gasteiger partial charge in [-0.1, -0.05) is 56.9 Å². The first-order valence-electron chi connectivity index (χ1n) is 4.57. The van der Waals surface area contributed by atoms with Crippen molar-refractivity contribution in [2.45, 2.75) is 32.1 Å². The Balaban J connectivity index is 2.86. The maximum absolute atomic E-state index is 2.42. The Morgan fingerprint density at radius 2 is 1.50 bits per heavy atom. The molecule has 66 valence electrons. The van der Waals surface area contributed by atoms with E-state index in [2.05, 4.69) is 56.9 Å². The number of hydrogen-bond donors (Lipinski definition) is 0. The lowest BCUT2D eigenvalue weighted by Gasteiger charge is -2.25. The van der Waals surface area contributed by atoms with E-state index in [1.54, 1.807) is 0 Å². The summed E-state index contributed by atoms with van der Waals surface area (Å²) in [4.78, 5) is 0. The average molecular weight is 178 g/mol. The van der Waals surface area contributed by atoms with E-state index in [1.807, 2.05) is 0 Å². The Morgan fingerprint density at radius 1 is 1.00 bits per heavy atom. The fraction of sp³-hybridized carbons (Fsp3) is 0.455. The van der Waals surface area contributed by atoms with Crippen molar-refractivity contribution in [2.24, 2.45) is 0 Å². The zero-order chi connectivity index (χ0) is 9.19. The van der Waals surface area contributed by atoms with Crippen LogP contribution in [-0.2, 0) is 0 Å². The molecule has 1 heteroatoms. The van der Waals surface area contributed by atoms with Crippen LogP contribution in [0.25, 0.3) is 0 Å². The average Bonchev–Trinajstić information content (AvgIpc) is 2.03. The molecule has 0 N–H and O–H groups in total. The lowest BCUT2D eigenvalue weighted by Crippen LogP contribution is -2.28. The van der Waals surface area contributed by atoms with Crippen LogP contribution in [0.15, 0.2) is 30.3 Å². The Hall–Kier alpha value is -0.563. The second kappa shape index (κ2) is 3.44. The minimum absolute atomic E-state index is 0.763. The molecule has 1 atom stereocenters. The van der Waals surface area contributed by atoms with Gasteiger partial charge < -0.3 is 0 Å². The van der Waals surface area contributed by atoms with Crippen molar-refractivity contribution in [1.29, 1.82) is 0 Å². The van der Waals surface area contributed by atoms with Crippen molar-refractivity contribution < 1.29 is 0 Å². The van der Waals surface area contributed by atoms with Gasteiger partial charge in [-0.2, -0.15) is 0 Å². The predicted octanol–water partition coefficient (Wildman–Crippen LogP) is 3.67. The number of benzene rings is 1. The summed E-state index contributed by atoms with van der Waals surface area (Å²) in [7, 11) is -1.00. The smallest absolute Gasteiger partial charge is 0.0517 e. The van der Waals surface area contributed by atoms with Crippen molar-refractivity contribution in [3.63, 3.8) is 0 Å². The first-order valence-corrected chi connectivity index (χ1v) is 8.14. The zero-order valence-corrected chi connectivity index (χ0v) is 9.46. The third-order valence-corrected chi connectivity index (χ3v) is 5.53. The molecule has 0 heterocycles. The fourth-order valence-corrected chi connectivity index (χ4v) is 2.43. The van der Waals surface area contributed by atoms with Gasteiger partial charge in [0.25, 0.3) is 0 Å². The van der Waals surface area contributed by atoms with Gasteiger partial charge in [0.1, 0.15) is 0 Å². The molecule has 0 spiro atoms. The second-order valence-corrected chi connectivity index (χ2v) is 10.1. The molecule has 12 heavy (non-hydrogen) atoms. The molecule has 0 aliphatic rings. The molecule has 0 aliphatic heterocycles. The van der Waals surface area contributed by atoms with Gasteiger partial charge in [0, 0.05) is 0 Å². The topological polar surface area (TPSA) is 0 Å². The van der Waals surface area contributed by atoms with E-state index in [0.717, 1.165) is 5.54 Å². The molecule has 0 unspecified atom stereocenters. The minimum atomic E-state index is -1.00. The van der Waals surface area contributed by atoms with Gasteiger partial charge in [-0.25, -0.2) is 0 Å². The van der Waals surface area contributed by atoms with E-state index in [-0.39, 0.29) is 0 Å². The van der Waals surface area contributed by atoms with E-state index in [4.69, 9.17) is 0 Å². The zero-order valence-electron chi connectivity index (χ0n) is 8.46. The molecule has 0 amide bonds. The summed E-state index contributed by atoms with van der Waals surface area (Å²) in [6.45, 7) is 9.61. The van der Waals surface area contributed by atoms with Gasteiger partial charge in [-0.3, -0.25) is 0 Å². The Kier molecular flexibility index (Phi) is 2.73. The molecule has 0 saturated heterocycles. The number of hydrogen-bond acceptors (Lipinski definition) is 0. The molecular weight excluding hydrogens is 160 g/mol. The molecule has 0 aromatic heterocycles. The SMILES string of the molecule is C[C@@H](c1ccccc1)[Si](C)(C)C. The Labute approximate surface area is 76.6 Å². The van der Waals surface area contributed by atoms with Gasteiger partial charge in [0.15, 0.2) is 0 Å². The van der Waals surface area contributed by atoms with Crippen LogP contribution in [0.1, 0.15) is 18.0 Å². The van der Waals surface area contributed by atoms with Crippen LogP contribution in [-0.4, -0.2) is 8.07 Å². The molecule has 0 radical (unpaired) electrons. The van der Waals surface area contributed by atoms with Crippen molar-refractivity contribution >= 4 is 8.07 Å². The third kappa shape index (κ3) is 2.21. The van der Waals surface area contributed by atoms with Crippen LogP contribution in [0.3, 0.4) is 0 Å². The Morgan fingerprint density at radius 3 is 1.92 bits per heavy atom. The largest absolute Gasteiger partial charge is 0.0691 e. The first kappa shape index (κ1) is 9.52. The molecule has 0 aliphatic carbocycles. The van der Waals surface area contributed by atoms with Gasteiger partial charge >= 0.3 is 0 Å². The molecular formula is C11H18Si. The van der Waals surface area contributed by atoms with E-state index in [1.165, 1.54) is 5.56 Å². The lowest BCUT2D eigenvalue weighted by atomic mass is 10.2. The van der Waals surface area contributed by atoms with E-state index < -0.39 is 8.07 Å². The summed E-state index contributed by atoms with van der Waals surface area (Å²) in [6.07, 6.45) is 0. The standard InChI is InChI=1S/C11H18Si/c1-10(12(2,3)4)11-8-6-5-7-9-11/h5-10H,1-4H3/t10-/m0/s1.